The van der Waals surface area contributed by atoms with E-state index in [0.29, 0.717) is 12.1 Å². The molecule has 3 nitrogen and oxygen atoms in total. The number of nitrogens with zero attached hydrogens (tertiary/aromatic N) is 2. The van der Waals surface area contributed by atoms with Crippen LogP contribution in [-0.2, 0) is 6.18 Å². The van der Waals surface area contributed by atoms with Crippen LogP contribution < -0.4 is 5.73 Å². The van der Waals surface area contributed by atoms with Gasteiger partial charge in [0.2, 0.25) is 5.95 Å². The van der Waals surface area contributed by atoms with Crippen LogP contribution in [0.25, 0.3) is 11.3 Å². The fraction of sp³-hybridized carbons (Fsp3) is 0.0909. The molecule has 0 atom stereocenters. The molecule has 0 amide bonds. The summed E-state index contributed by atoms with van der Waals surface area (Å²) in [5.41, 5.74) is 3.08. The van der Waals surface area contributed by atoms with Crippen molar-refractivity contribution in [1.29, 1.82) is 0 Å². The molecule has 0 fully saturated rings. The Morgan fingerprint density at radius 2 is 1.74 bits per heavy atom. The topological polar surface area (TPSA) is 51.8 Å². The molecule has 0 bridgehead atoms. The third-order valence-electron chi connectivity index (χ3n) is 2.31. The van der Waals surface area contributed by atoms with Gasteiger partial charge in [-0.1, -0.05) is 0 Å². The number of benzene rings is 1. The van der Waals surface area contributed by atoms with Gasteiger partial charge in [0.1, 0.15) is 11.5 Å². The van der Waals surface area contributed by atoms with Crippen LogP contribution in [0.3, 0.4) is 0 Å². The zero-order valence-corrected chi connectivity index (χ0v) is 9.17. The normalized spacial score (nSPS) is 11.6. The maximum Gasteiger partial charge on any atom is 0.419 e. The van der Waals surface area contributed by atoms with Crippen molar-refractivity contribution in [3.05, 3.63) is 41.6 Å². The molecule has 0 unspecified atom stereocenters. The largest absolute Gasteiger partial charge is 0.419 e. The standard InChI is InChI=1S/C11H6F5N3/c12-7-2-1-5(3-6(7)11(14,15)16)9-8(13)4-18-10(17)19-9/h1-4H,(H2,17,18,19). The van der Waals surface area contributed by atoms with E-state index in [-0.39, 0.29) is 11.5 Å². The summed E-state index contributed by atoms with van der Waals surface area (Å²) in [4.78, 5) is 6.85. The van der Waals surface area contributed by atoms with Crippen LogP contribution in [0.5, 0.6) is 0 Å². The Labute approximate surface area is 103 Å². The van der Waals surface area contributed by atoms with Gasteiger partial charge < -0.3 is 5.73 Å². The van der Waals surface area contributed by atoms with Crippen molar-refractivity contribution in [2.75, 3.05) is 5.73 Å². The summed E-state index contributed by atoms with van der Waals surface area (Å²) in [7, 11) is 0. The van der Waals surface area contributed by atoms with E-state index in [1.807, 2.05) is 0 Å². The van der Waals surface area contributed by atoms with E-state index in [2.05, 4.69) is 9.97 Å². The summed E-state index contributed by atoms with van der Waals surface area (Å²) < 4.78 is 64.1. The third kappa shape index (κ3) is 2.61. The fourth-order valence-electron chi connectivity index (χ4n) is 1.47. The number of nitrogen functional groups attached to an aromatic ring is 1. The first-order valence-corrected chi connectivity index (χ1v) is 4.94. The number of hydrogen-bond acceptors (Lipinski definition) is 3. The van der Waals surface area contributed by atoms with Crippen LogP contribution in [0.2, 0.25) is 0 Å². The molecular weight excluding hydrogens is 269 g/mol. The number of anilines is 1. The average molecular weight is 275 g/mol. The lowest BCUT2D eigenvalue weighted by Crippen LogP contribution is -2.08. The lowest BCUT2D eigenvalue weighted by molar-refractivity contribution is -0.139. The molecule has 1 aromatic heterocycles. The second kappa shape index (κ2) is 4.45. The minimum absolute atomic E-state index is 0.236. The molecule has 100 valence electrons. The molecule has 19 heavy (non-hydrogen) atoms. The Morgan fingerprint density at radius 3 is 2.37 bits per heavy atom. The number of nitrogens with two attached hydrogens (primary N) is 1. The highest BCUT2D eigenvalue weighted by Crippen LogP contribution is 2.34. The van der Waals surface area contributed by atoms with Gasteiger partial charge in [0.15, 0.2) is 5.82 Å². The van der Waals surface area contributed by atoms with Crippen molar-refractivity contribution in [3.63, 3.8) is 0 Å². The van der Waals surface area contributed by atoms with Gasteiger partial charge >= 0.3 is 6.18 Å². The van der Waals surface area contributed by atoms with Gasteiger partial charge in [0.05, 0.1) is 11.8 Å². The Bertz CT molecular complexity index is 624. The van der Waals surface area contributed by atoms with Gasteiger partial charge in [-0.05, 0) is 18.2 Å². The minimum Gasteiger partial charge on any atom is -0.368 e. The lowest BCUT2D eigenvalue weighted by Gasteiger charge is -2.10. The summed E-state index contributed by atoms with van der Waals surface area (Å²) in [5, 5.41) is 0. The third-order valence-corrected chi connectivity index (χ3v) is 2.31. The van der Waals surface area contributed by atoms with Crippen molar-refractivity contribution in [2.24, 2.45) is 0 Å². The highest BCUT2D eigenvalue weighted by atomic mass is 19.4. The van der Waals surface area contributed by atoms with Crippen LogP contribution in [-0.4, -0.2) is 9.97 Å². The van der Waals surface area contributed by atoms with Crippen LogP contribution in [0.1, 0.15) is 5.56 Å². The second-order valence-corrected chi connectivity index (χ2v) is 3.62. The number of aromatic nitrogens is 2. The highest BCUT2D eigenvalue weighted by Gasteiger charge is 2.34. The molecule has 2 N–H and O–H groups in total. The SMILES string of the molecule is Nc1ncc(F)c(-c2ccc(F)c(C(F)(F)F)c2)n1. The molecule has 1 aromatic carbocycles. The molecule has 0 aliphatic heterocycles. The van der Waals surface area contributed by atoms with Crippen molar-refractivity contribution in [2.45, 2.75) is 6.18 Å². The molecule has 2 rings (SSSR count). The van der Waals surface area contributed by atoms with Crippen molar-refractivity contribution >= 4 is 5.95 Å². The number of rotatable bonds is 1. The van der Waals surface area contributed by atoms with Crippen LogP contribution >= 0.6 is 0 Å². The predicted octanol–water partition coefficient (Wildman–Crippen LogP) is 3.02. The Morgan fingerprint density at radius 1 is 1.05 bits per heavy atom. The van der Waals surface area contributed by atoms with E-state index >= 15 is 0 Å². The Balaban J connectivity index is 2.61. The van der Waals surface area contributed by atoms with E-state index in [1.54, 1.807) is 0 Å². The van der Waals surface area contributed by atoms with Crippen LogP contribution in [0, 0.1) is 11.6 Å². The molecule has 0 saturated heterocycles. The van der Waals surface area contributed by atoms with Crippen molar-refractivity contribution in [3.8, 4) is 11.3 Å². The molecule has 0 saturated carbocycles. The first-order chi connectivity index (χ1) is 8.79. The summed E-state index contributed by atoms with van der Waals surface area (Å²) in [6.07, 6.45) is -4.15. The van der Waals surface area contributed by atoms with Gasteiger partial charge in [0, 0.05) is 5.56 Å². The average Bonchev–Trinajstić information content (AvgIpc) is 2.31. The summed E-state index contributed by atoms with van der Waals surface area (Å²) in [6, 6.07) is 2.05. The summed E-state index contributed by atoms with van der Waals surface area (Å²) in [6.45, 7) is 0. The van der Waals surface area contributed by atoms with Gasteiger partial charge in [0.25, 0.3) is 0 Å². The number of hydrogen-bond donors (Lipinski definition) is 1. The van der Waals surface area contributed by atoms with E-state index in [9.17, 15) is 22.0 Å². The van der Waals surface area contributed by atoms with E-state index in [4.69, 9.17) is 5.73 Å². The molecular formula is C11H6F5N3. The zero-order valence-electron chi connectivity index (χ0n) is 9.17. The highest BCUT2D eigenvalue weighted by molar-refractivity contribution is 5.61. The second-order valence-electron chi connectivity index (χ2n) is 3.62. The predicted molar refractivity (Wildman–Crippen MR) is 56.8 cm³/mol. The van der Waals surface area contributed by atoms with Crippen molar-refractivity contribution in [1.82, 2.24) is 9.97 Å². The molecule has 0 aliphatic carbocycles. The summed E-state index contributed by atoms with van der Waals surface area (Å²) in [5.74, 6) is -2.69. The van der Waals surface area contributed by atoms with Crippen LogP contribution in [0.4, 0.5) is 27.9 Å². The monoisotopic (exact) mass is 275 g/mol. The van der Waals surface area contributed by atoms with Gasteiger partial charge in [-0.3, -0.25) is 0 Å². The Hall–Kier alpha value is -2.25. The van der Waals surface area contributed by atoms with Gasteiger partial charge in [-0.2, -0.15) is 13.2 Å². The lowest BCUT2D eigenvalue weighted by atomic mass is 10.1. The van der Waals surface area contributed by atoms with Gasteiger partial charge in [-0.25, -0.2) is 18.7 Å². The first kappa shape index (κ1) is 13.2. The first-order valence-electron chi connectivity index (χ1n) is 4.94. The zero-order chi connectivity index (χ0) is 14.2. The number of halogens is 5. The van der Waals surface area contributed by atoms with E-state index in [1.165, 1.54) is 0 Å². The maximum atomic E-state index is 13.4. The number of alkyl halides is 3. The van der Waals surface area contributed by atoms with E-state index < -0.39 is 29.1 Å². The molecule has 2 aromatic rings. The Kier molecular flexibility index (Phi) is 3.09. The van der Waals surface area contributed by atoms with E-state index in [0.717, 1.165) is 12.3 Å². The van der Waals surface area contributed by atoms with Gasteiger partial charge in [-0.15, -0.1) is 0 Å². The molecule has 8 heteroatoms. The van der Waals surface area contributed by atoms with Crippen LogP contribution in [0.15, 0.2) is 24.4 Å². The quantitative estimate of drug-likeness (QED) is 0.814. The molecule has 0 radical (unpaired) electrons. The molecule has 0 spiro atoms. The summed E-state index contributed by atoms with van der Waals surface area (Å²) >= 11 is 0. The fourth-order valence-corrected chi connectivity index (χ4v) is 1.47. The minimum atomic E-state index is -4.88. The molecule has 0 aliphatic rings. The smallest absolute Gasteiger partial charge is 0.368 e. The van der Waals surface area contributed by atoms with Crippen molar-refractivity contribution < 1.29 is 22.0 Å². The molecule has 1 heterocycles. The maximum absolute atomic E-state index is 13.4.